The van der Waals surface area contributed by atoms with E-state index < -0.39 is 11.7 Å². The van der Waals surface area contributed by atoms with Gasteiger partial charge in [0.1, 0.15) is 5.82 Å². The largest absolute Gasteiger partial charge is 0.416 e. The van der Waals surface area contributed by atoms with Gasteiger partial charge in [-0.05, 0) is 30.7 Å². The van der Waals surface area contributed by atoms with Gasteiger partial charge in [0.15, 0.2) is 0 Å². The number of benzene rings is 2. The molecule has 0 unspecified atom stereocenters. The summed E-state index contributed by atoms with van der Waals surface area (Å²) in [5.74, 6) is 0.872. The highest BCUT2D eigenvalue weighted by atomic mass is 19.4. The molecule has 2 amide bonds. The molecule has 3 rings (SSSR count). The number of hydrogen-bond donors (Lipinski definition) is 1. The first kappa shape index (κ1) is 24.2. The lowest BCUT2D eigenvalue weighted by atomic mass is 10.1. The van der Waals surface area contributed by atoms with E-state index in [1.165, 1.54) is 12.1 Å². The molecule has 0 spiro atoms. The van der Waals surface area contributed by atoms with Gasteiger partial charge in [0, 0.05) is 44.5 Å². The molecule has 0 aliphatic heterocycles. The van der Waals surface area contributed by atoms with Crippen molar-refractivity contribution in [1.29, 1.82) is 0 Å². The second-order valence-corrected chi connectivity index (χ2v) is 7.96. The predicted molar refractivity (Wildman–Crippen MR) is 124 cm³/mol. The maximum absolute atomic E-state index is 13.1. The first-order valence-corrected chi connectivity index (χ1v) is 10.6. The number of aryl methyl sites for hydroxylation is 1. The lowest BCUT2D eigenvalue weighted by Gasteiger charge is -2.25. The lowest BCUT2D eigenvalue weighted by Crippen LogP contribution is -2.35. The van der Waals surface area contributed by atoms with E-state index in [1.807, 2.05) is 63.3 Å². The first-order valence-electron chi connectivity index (χ1n) is 10.6. The zero-order valence-corrected chi connectivity index (χ0v) is 19.1. The number of hydrogen-bond acceptors (Lipinski definition) is 3. The molecular weight excluding hydrogens is 431 g/mol. The summed E-state index contributed by atoms with van der Waals surface area (Å²) >= 11 is 0. The fourth-order valence-electron chi connectivity index (χ4n) is 3.75. The quantitative estimate of drug-likeness (QED) is 0.499. The second-order valence-electron chi connectivity index (χ2n) is 7.96. The van der Waals surface area contributed by atoms with E-state index in [0.717, 1.165) is 41.2 Å². The van der Waals surface area contributed by atoms with Crippen molar-refractivity contribution >= 4 is 17.5 Å². The van der Waals surface area contributed by atoms with Crippen LogP contribution in [-0.2, 0) is 19.8 Å². The summed E-state index contributed by atoms with van der Waals surface area (Å²) in [7, 11) is 5.70. The van der Waals surface area contributed by atoms with Gasteiger partial charge in [0.05, 0.1) is 17.8 Å². The van der Waals surface area contributed by atoms with E-state index >= 15 is 0 Å². The summed E-state index contributed by atoms with van der Waals surface area (Å²) in [5, 5.41) is 7.42. The third-order valence-corrected chi connectivity index (χ3v) is 5.18. The molecule has 0 bridgehead atoms. The molecule has 0 radical (unpaired) electrons. The molecule has 6 nitrogen and oxygen atoms in total. The highest BCUT2D eigenvalue weighted by molar-refractivity contribution is 5.89. The van der Waals surface area contributed by atoms with Crippen LogP contribution in [0.3, 0.4) is 0 Å². The molecule has 0 fully saturated rings. The third kappa shape index (κ3) is 5.66. The summed E-state index contributed by atoms with van der Waals surface area (Å²) in [6.07, 6.45) is -3.70. The Morgan fingerprint density at radius 3 is 2.24 bits per heavy atom. The van der Waals surface area contributed by atoms with E-state index in [2.05, 4.69) is 5.32 Å². The Kier molecular flexibility index (Phi) is 7.30. The van der Waals surface area contributed by atoms with Crippen LogP contribution in [-0.4, -0.2) is 41.4 Å². The van der Waals surface area contributed by atoms with Crippen LogP contribution in [0.5, 0.6) is 0 Å². The normalized spacial score (nSPS) is 11.4. The number of halogens is 3. The highest BCUT2D eigenvalue weighted by Crippen LogP contribution is 2.32. The van der Waals surface area contributed by atoms with Crippen molar-refractivity contribution in [3.8, 4) is 11.3 Å². The average Bonchev–Trinajstić information content (AvgIpc) is 3.09. The zero-order valence-electron chi connectivity index (χ0n) is 19.1. The minimum atomic E-state index is -4.42. The van der Waals surface area contributed by atoms with Crippen LogP contribution in [0.1, 0.15) is 24.5 Å². The lowest BCUT2D eigenvalue weighted by molar-refractivity contribution is -0.137. The molecule has 1 aromatic heterocycles. The van der Waals surface area contributed by atoms with Gasteiger partial charge in [0.2, 0.25) is 0 Å². The van der Waals surface area contributed by atoms with Gasteiger partial charge in [-0.2, -0.15) is 18.3 Å². The van der Waals surface area contributed by atoms with Crippen LogP contribution in [0.2, 0.25) is 0 Å². The number of amides is 2. The molecule has 33 heavy (non-hydrogen) atoms. The molecule has 2 aromatic carbocycles. The zero-order chi connectivity index (χ0) is 24.2. The van der Waals surface area contributed by atoms with Crippen molar-refractivity contribution in [3.05, 3.63) is 65.7 Å². The predicted octanol–water partition coefficient (Wildman–Crippen LogP) is 5.62. The highest BCUT2D eigenvalue weighted by Gasteiger charge is 2.30. The Balaban J connectivity index is 1.89. The molecule has 0 saturated heterocycles. The Morgan fingerprint density at radius 2 is 1.70 bits per heavy atom. The number of carbonyl (C=O) groups is 1. The molecule has 0 aliphatic rings. The van der Waals surface area contributed by atoms with Crippen LogP contribution >= 0.6 is 0 Å². The van der Waals surface area contributed by atoms with E-state index in [9.17, 15) is 18.0 Å². The van der Waals surface area contributed by atoms with Crippen LogP contribution in [0.4, 0.5) is 29.5 Å². The number of urea groups is 1. The van der Waals surface area contributed by atoms with Crippen molar-refractivity contribution in [2.45, 2.75) is 26.1 Å². The standard InChI is InChI=1S/C24H28F3N5O/c1-5-15-32(23(33)28-19-13-11-18(12-14-19)24(25,26)27)16-20-21(17-9-7-6-8-10-17)29-31(4)22(20)30(2)3/h6-14H,5,15-16H2,1-4H3,(H,28,33). The van der Waals surface area contributed by atoms with Crippen molar-refractivity contribution in [1.82, 2.24) is 14.7 Å². The van der Waals surface area contributed by atoms with Gasteiger partial charge >= 0.3 is 12.2 Å². The summed E-state index contributed by atoms with van der Waals surface area (Å²) < 4.78 is 40.3. The molecule has 176 valence electrons. The molecule has 0 saturated carbocycles. The van der Waals surface area contributed by atoms with Crippen molar-refractivity contribution in [2.75, 3.05) is 30.9 Å². The van der Waals surface area contributed by atoms with Crippen molar-refractivity contribution in [2.24, 2.45) is 7.05 Å². The first-order chi connectivity index (χ1) is 15.6. The number of nitrogens with zero attached hydrogens (tertiary/aromatic N) is 4. The van der Waals surface area contributed by atoms with Gasteiger partial charge in [-0.15, -0.1) is 0 Å². The van der Waals surface area contributed by atoms with Gasteiger partial charge in [-0.25, -0.2) is 4.79 Å². The fraction of sp³-hybridized carbons (Fsp3) is 0.333. The maximum Gasteiger partial charge on any atom is 0.416 e. The summed E-state index contributed by atoms with van der Waals surface area (Å²) in [6.45, 7) is 2.74. The number of carbonyl (C=O) groups excluding carboxylic acids is 1. The molecule has 0 aliphatic carbocycles. The Labute approximate surface area is 191 Å². The Bertz CT molecular complexity index is 1080. The van der Waals surface area contributed by atoms with Gasteiger partial charge in [-0.3, -0.25) is 4.68 Å². The van der Waals surface area contributed by atoms with E-state index in [1.54, 1.807) is 9.58 Å². The van der Waals surface area contributed by atoms with Crippen LogP contribution < -0.4 is 10.2 Å². The number of aromatic nitrogens is 2. The minimum absolute atomic E-state index is 0.298. The van der Waals surface area contributed by atoms with Crippen molar-refractivity contribution in [3.63, 3.8) is 0 Å². The second kappa shape index (κ2) is 9.97. The van der Waals surface area contributed by atoms with Crippen molar-refractivity contribution < 1.29 is 18.0 Å². The summed E-state index contributed by atoms with van der Waals surface area (Å²) in [5.41, 5.74) is 2.16. The number of nitrogens with one attached hydrogen (secondary N) is 1. The topological polar surface area (TPSA) is 53.4 Å². The SMILES string of the molecule is CCCN(Cc1c(-c2ccccc2)nn(C)c1N(C)C)C(=O)Nc1ccc(C(F)(F)F)cc1. The van der Waals surface area contributed by atoms with E-state index in [4.69, 9.17) is 5.10 Å². The number of rotatable bonds is 7. The molecular formula is C24H28F3N5O. The fourth-order valence-corrected chi connectivity index (χ4v) is 3.75. The van der Waals surface area contributed by atoms with Crippen LogP contribution in [0.15, 0.2) is 54.6 Å². The number of alkyl halides is 3. The van der Waals surface area contributed by atoms with E-state index in [0.29, 0.717) is 18.8 Å². The van der Waals surface area contributed by atoms with E-state index in [-0.39, 0.29) is 6.03 Å². The minimum Gasteiger partial charge on any atom is -0.363 e. The molecule has 9 heteroatoms. The maximum atomic E-state index is 13.1. The Hall–Kier alpha value is -3.49. The smallest absolute Gasteiger partial charge is 0.363 e. The molecule has 3 aromatic rings. The van der Waals surface area contributed by atoms with Gasteiger partial charge in [0.25, 0.3) is 0 Å². The van der Waals surface area contributed by atoms with Gasteiger partial charge < -0.3 is 15.1 Å². The molecule has 1 N–H and O–H groups in total. The summed E-state index contributed by atoms with van der Waals surface area (Å²) in [4.78, 5) is 16.7. The van der Waals surface area contributed by atoms with Crippen LogP contribution in [0.25, 0.3) is 11.3 Å². The third-order valence-electron chi connectivity index (χ3n) is 5.18. The molecule has 1 heterocycles. The Morgan fingerprint density at radius 1 is 1.06 bits per heavy atom. The summed E-state index contributed by atoms with van der Waals surface area (Å²) in [6, 6.07) is 13.8. The monoisotopic (exact) mass is 459 g/mol. The average molecular weight is 460 g/mol. The van der Waals surface area contributed by atoms with Crippen LogP contribution in [0, 0.1) is 0 Å². The molecule has 0 atom stereocenters. The number of anilines is 2. The van der Waals surface area contributed by atoms with Gasteiger partial charge in [-0.1, -0.05) is 37.3 Å².